The number of rotatable bonds is 6. The molecular formula is C24H30N4O. The second-order valence-electron chi connectivity index (χ2n) is 8.52. The molecule has 5 rings (SSSR count). The number of fused-ring (bicyclic) bond motifs is 2. The maximum atomic E-state index is 5.41. The summed E-state index contributed by atoms with van der Waals surface area (Å²) in [6.45, 7) is 7.62. The van der Waals surface area contributed by atoms with Gasteiger partial charge in [-0.1, -0.05) is 13.0 Å². The van der Waals surface area contributed by atoms with Gasteiger partial charge in [0.25, 0.3) is 0 Å². The molecule has 2 heterocycles. The Labute approximate surface area is 172 Å². The van der Waals surface area contributed by atoms with Crippen molar-refractivity contribution in [3.8, 4) is 16.9 Å². The number of hydrogen-bond donors (Lipinski definition) is 0. The molecule has 0 amide bonds. The average Bonchev–Trinajstić information content (AvgIpc) is 3.36. The van der Waals surface area contributed by atoms with Crippen LogP contribution in [0, 0.1) is 13.8 Å². The summed E-state index contributed by atoms with van der Waals surface area (Å²) in [6.07, 6.45) is 7.14. The number of aryl methyl sites for hydroxylation is 3. The molecule has 0 saturated heterocycles. The third kappa shape index (κ3) is 2.98. The highest BCUT2D eigenvalue weighted by atomic mass is 16.5. The Balaban J connectivity index is 1.76. The number of ether oxygens (including phenoxy) is 1. The molecule has 0 radical (unpaired) electrons. The first kappa shape index (κ1) is 18.5. The molecule has 5 nitrogen and oxygen atoms in total. The minimum Gasteiger partial charge on any atom is -0.497 e. The molecule has 152 valence electrons. The van der Waals surface area contributed by atoms with Crippen molar-refractivity contribution in [1.82, 2.24) is 14.6 Å². The topological polar surface area (TPSA) is 42.7 Å². The van der Waals surface area contributed by atoms with Crippen molar-refractivity contribution in [2.24, 2.45) is 0 Å². The number of nitrogens with zero attached hydrogens (tertiary/aromatic N) is 4. The fraction of sp³-hybridized carbons (Fsp3) is 0.500. The van der Waals surface area contributed by atoms with Gasteiger partial charge < -0.3 is 9.64 Å². The second kappa shape index (κ2) is 7.05. The summed E-state index contributed by atoms with van der Waals surface area (Å²) in [6, 6.07) is 6.95. The van der Waals surface area contributed by atoms with Gasteiger partial charge in [0.05, 0.1) is 12.8 Å². The van der Waals surface area contributed by atoms with Gasteiger partial charge in [-0.2, -0.15) is 9.61 Å². The molecule has 2 aliphatic carbocycles. The lowest BCUT2D eigenvalue weighted by molar-refractivity contribution is 0.414. The zero-order chi connectivity index (χ0) is 20.1. The third-order valence-corrected chi connectivity index (χ3v) is 6.36. The highest BCUT2D eigenvalue weighted by molar-refractivity contribution is 5.83. The quantitative estimate of drug-likeness (QED) is 0.601. The van der Waals surface area contributed by atoms with Crippen LogP contribution in [0.2, 0.25) is 0 Å². The van der Waals surface area contributed by atoms with Gasteiger partial charge in [-0.15, -0.1) is 0 Å². The van der Waals surface area contributed by atoms with E-state index < -0.39 is 0 Å². The van der Waals surface area contributed by atoms with Gasteiger partial charge in [0.2, 0.25) is 0 Å². The van der Waals surface area contributed by atoms with Crippen LogP contribution in [0.3, 0.4) is 0 Å². The first-order chi connectivity index (χ1) is 14.1. The first-order valence-corrected chi connectivity index (χ1v) is 10.9. The van der Waals surface area contributed by atoms with Crippen LogP contribution in [-0.2, 0) is 12.8 Å². The Hall–Kier alpha value is -2.56. The van der Waals surface area contributed by atoms with Gasteiger partial charge in [-0.05, 0) is 75.6 Å². The molecule has 1 saturated carbocycles. The molecule has 0 unspecified atom stereocenters. The molecular weight excluding hydrogens is 360 g/mol. The Morgan fingerprint density at radius 3 is 2.72 bits per heavy atom. The maximum Gasteiger partial charge on any atom is 0.165 e. The number of anilines is 1. The lowest BCUT2D eigenvalue weighted by Gasteiger charge is -2.27. The van der Waals surface area contributed by atoms with Crippen LogP contribution in [0.15, 0.2) is 18.2 Å². The Bertz CT molecular complexity index is 1080. The van der Waals surface area contributed by atoms with E-state index in [9.17, 15) is 0 Å². The minimum atomic E-state index is 0.668. The number of hydrogen-bond acceptors (Lipinski definition) is 4. The summed E-state index contributed by atoms with van der Waals surface area (Å²) in [7, 11) is 1.71. The predicted molar refractivity (Wildman–Crippen MR) is 117 cm³/mol. The molecule has 0 aliphatic heterocycles. The smallest absolute Gasteiger partial charge is 0.165 e. The van der Waals surface area contributed by atoms with Gasteiger partial charge in [0.1, 0.15) is 11.6 Å². The van der Waals surface area contributed by atoms with Gasteiger partial charge >= 0.3 is 0 Å². The third-order valence-electron chi connectivity index (χ3n) is 6.36. The molecule has 2 aromatic heterocycles. The lowest BCUT2D eigenvalue weighted by atomic mass is 10.0. The molecule has 0 N–H and O–H groups in total. The van der Waals surface area contributed by atoms with Crippen LogP contribution >= 0.6 is 0 Å². The van der Waals surface area contributed by atoms with Crippen molar-refractivity contribution >= 4 is 11.5 Å². The molecule has 0 bridgehead atoms. The zero-order valence-electron chi connectivity index (χ0n) is 18.0. The van der Waals surface area contributed by atoms with E-state index in [1.165, 1.54) is 47.5 Å². The van der Waals surface area contributed by atoms with Crippen LogP contribution in [0.5, 0.6) is 5.75 Å². The van der Waals surface area contributed by atoms with Gasteiger partial charge in [-0.25, -0.2) is 4.98 Å². The van der Waals surface area contributed by atoms with E-state index in [0.29, 0.717) is 6.04 Å². The van der Waals surface area contributed by atoms with E-state index in [1.807, 2.05) is 6.07 Å². The zero-order valence-corrected chi connectivity index (χ0v) is 18.0. The number of benzene rings is 1. The van der Waals surface area contributed by atoms with Crippen molar-refractivity contribution in [2.45, 2.75) is 65.3 Å². The van der Waals surface area contributed by atoms with E-state index in [0.717, 1.165) is 48.5 Å². The van der Waals surface area contributed by atoms with E-state index in [-0.39, 0.29) is 0 Å². The van der Waals surface area contributed by atoms with Crippen LogP contribution in [0.4, 0.5) is 5.82 Å². The van der Waals surface area contributed by atoms with Crippen molar-refractivity contribution in [3.05, 3.63) is 40.7 Å². The van der Waals surface area contributed by atoms with Gasteiger partial charge in [0, 0.05) is 29.4 Å². The second-order valence-corrected chi connectivity index (χ2v) is 8.52. The molecule has 1 fully saturated rings. The highest BCUT2D eigenvalue weighted by Gasteiger charge is 2.34. The summed E-state index contributed by atoms with van der Waals surface area (Å²) < 4.78 is 7.57. The van der Waals surface area contributed by atoms with Gasteiger partial charge in [-0.3, -0.25) is 0 Å². The maximum absolute atomic E-state index is 5.41. The molecule has 3 aromatic rings. The summed E-state index contributed by atoms with van der Waals surface area (Å²) in [4.78, 5) is 7.78. The SMILES string of the molecule is CCCN(c1c2c(nc3c(-c4ccc(OC)cc4C)c(C)nn13)CCC2)C1CC1. The van der Waals surface area contributed by atoms with Crippen molar-refractivity contribution < 1.29 is 4.74 Å². The molecule has 29 heavy (non-hydrogen) atoms. The summed E-state index contributed by atoms with van der Waals surface area (Å²) in [5, 5.41) is 5.05. The monoisotopic (exact) mass is 390 g/mol. The van der Waals surface area contributed by atoms with E-state index in [2.05, 4.69) is 42.3 Å². The van der Waals surface area contributed by atoms with Crippen LogP contribution in [0.1, 0.15) is 55.1 Å². The van der Waals surface area contributed by atoms with E-state index in [4.69, 9.17) is 14.8 Å². The fourth-order valence-corrected chi connectivity index (χ4v) is 4.86. The lowest BCUT2D eigenvalue weighted by Crippen LogP contribution is -2.30. The molecule has 0 atom stereocenters. The van der Waals surface area contributed by atoms with Crippen LogP contribution in [-0.4, -0.2) is 34.3 Å². The van der Waals surface area contributed by atoms with Crippen molar-refractivity contribution in [3.63, 3.8) is 0 Å². The van der Waals surface area contributed by atoms with Crippen molar-refractivity contribution in [1.29, 1.82) is 0 Å². The summed E-state index contributed by atoms with van der Waals surface area (Å²) in [5.41, 5.74) is 8.31. The summed E-state index contributed by atoms with van der Waals surface area (Å²) in [5.74, 6) is 2.20. The Kier molecular flexibility index (Phi) is 4.49. The molecule has 0 spiro atoms. The minimum absolute atomic E-state index is 0.668. The Morgan fingerprint density at radius 2 is 2.03 bits per heavy atom. The highest BCUT2D eigenvalue weighted by Crippen LogP contribution is 2.40. The molecule has 2 aliphatic rings. The summed E-state index contributed by atoms with van der Waals surface area (Å²) >= 11 is 0. The first-order valence-electron chi connectivity index (χ1n) is 10.9. The average molecular weight is 391 g/mol. The van der Waals surface area contributed by atoms with E-state index >= 15 is 0 Å². The van der Waals surface area contributed by atoms with E-state index in [1.54, 1.807) is 7.11 Å². The normalized spacial score (nSPS) is 15.7. The number of aromatic nitrogens is 3. The predicted octanol–water partition coefficient (Wildman–Crippen LogP) is 4.89. The molecule has 5 heteroatoms. The van der Waals surface area contributed by atoms with Crippen LogP contribution in [0.25, 0.3) is 16.8 Å². The van der Waals surface area contributed by atoms with Gasteiger partial charge in [0.15, 0.2) is 5.65 Å². The number of methoxy groups -OCH3 is 1. The van der Waals surface area contributed by atoms with Crippen molar-refractivity contribution in [2.75, 3.05) is 18.6 Å². The standard InChI is InChI=1S/C24H30N4O/c1-5-13-27(17-9-10-17)24-20-7-6-8-21(20)25-23-22(16(3)26-28(23)24)19-12-11-18(29-4)14-15(19)2/h11-12,14,17H,5-10,13H2,1-4H3. The Morgan fingerprint density at radius 1 is 1.21 bits per heavy atom. The largest absolute Gasteiger partial charge is 0.497 e. The van der Waals surface area contributed by atoms with Crippen LogP contribution < -0.4 is 9.64 Å². The fourth-order valence-electron chi connectivity index (χ4n) is 4.86. The molecule has 1 aromatic carbocycles.